The molecule has 0 aliphatic carbocycles. The first-order valence-corrected chi connectivity index (χ1v) is 6.51. The molecule has 1 N–H and O–H groups in total. The molecule has 1 rings (SSSR count). The van der Waals surface area contributed by atoms with Gasteiger partial charge in [0.2, 0.25) is 0 Å². The molecule has 0 unspecified atom stereocenters. The number of aryl methyl sites for hydroxylation is 1. The summed E-state index contributed by atoms with van der Waals surface area (Å²) in [5, 5.41) is 7.33. The Hall–Kier alpha value is -0.860. The van der Waals surface area contributed by atoms with Gasteiger partial charge in [-0.15, -0.1) is 24.0 Å². The molecule has 19 heavy (non-hydrogen) atoms. The maximum Gasteiger partial charge on any atom is 0.194 e. The molecule has 0 atom stereocenters. The van der Waals surface area contributed by atoms with Crippen molar-refractivity contribution in [3.63, 3.8) is 0 Å². The van der Waals surface area contributed by atoms with Crippen LogP contribution in [0.25, 0.3) is 0 Å². The van der Waals surface area contributed by atoms with E-state index in [9.17, 15) is 0 Å². The molecule has 0 saturated heterocycles. The Balaban J connectivity index is 0.00000324. The monoisotopic (exact) mass is 380 g/mol. The number of hydrogen-bond acceptors (Lipinski definition) is 3. The minimum absolute atomic E-state index is 0. The van der Waals surface area contributed by atoms with Crippen molar-refractivity contribution in [2.75, 3.05) is 20.1 Å². The Morgan fingerprint density at radius 2 is 2.21 bits per heavy atom. The highest BCUT2D eigenvalue weighted by Crippen LogP contribution is 1.97. The van der Waals surface area contributed by atoms with Gasteiger partial charge in [0.1, 0.15) is 18.7 Å². The minimum atomic E-state index is 0. The van der Waals surface area contributed by atoms with Crippen LogP contribution in [0.3, 0.4) is 0 Å². The van der Waals surface area contributed by atoms with Crippen LogP contribution in [0.4, 0.5) is 0 Å². The Bertz CT molecular complexity index is 376. The molecule has 0 bridgehead atoms. The van der Waals surface area contributed by atoms with Crippen molar-refractivity contribution in [2.45, 2.75) is 33.2 Å². The number of nitrogens with one attached hydrogen (secondary N) is 1. The SMILES string of the molecule is CCCCN(C)C(=NCc1ncnn1C)NCC.I. The van der Waals surface area contributed by atoms with Gasteiger partial charge in [0.25, 0.3) is 0 Å². The number of rotatable bonds is 6. The van der Waals surface area contributed by atoms with Crippen LogP contribution in [0, 0.1) is 0 Å². The van der Waals surface area contributed by atoms with E-state index in [1.807, 2.05) is 7.05 Å². The standard InChI is InChI=1S/C12H24N6.HI/c1-5-7-8-17(3)12(13-6-2)14-9-11-15-10-16-18(11)4;/h10H,5-9H2,1-4H3,(H,13,14);1H. The molecule has 0 aromatic carbocycles. The molecule has 1 heterocycles. The van der Waals surface area contributed by atoms with E-state index < -0.39 is 0 Å². The van der Waals surface area contributed by atoms with Crippen molar-refractivity contribution in [3.8, 4) is 0 Å². The molecule has 110 valence electrons. The van der Waals surface area contributed by atoms with Gasteiger partial charge in [-0.05, 0) is 13.3 Å². The summed E-state index contributed by atoms with van der Waals surface area (Å²) in [7, 11) is 3.94. The van der Waals surface area contributed by atoms with Gasteiger partial charge in [-0.3, -0.25) is 4.68 Å². The minimum Gasteiger partial charge on any atom is -0.357 e. The van der Waals surface area contributed by atoms with Crippen molar-refractivity contribution in [1.29, 1.82) is 0 Å². The first-order valence-electron chi connectivity index (χ1n) is 6.51. The van der Waals surface area contributed by atoms with E-state index in [1.54, 1.807) is 11.0 Å². The molecule has 0 aliphatic heterocycles. The maximum atomic E-state index is 4.58. The lowest BCUT2D eigenvalue weighted by molar-refractivity contribution is 0.464. The van der Waals surface area contributed by atoms with Crippen LogP contribution in [0.2, 0.25) is 0 Å². The van der Waals surface area contributed by atoms with Crippen molar-refractivity contribution in [3.05, 3.63) is 12.2 Å². The van der Waals surface area contributed by atoms with Gasteiger partial charge in [0.05, 0.1) is 0 Å². The Labute approximate surface area is 132 Å². The summed E-state index contributed by atoms with van der Waals surface area (Å²) in [4.78, 5) is 10.9. The van der Waals surface area contributed by atoms with Gasteiger partial charge in [-0.2, -0.15) is 5.10 Å². The highest BCUT2D eigenvalue weighted by Gasteiger charge is 2.05. The lowest BCUT2D eigenvalue weighted by Gasteiger charge is -2.21. The summed E-state index contributed by atoms with van der Waals surface area (Å²) in [6.45, 7) is 6.70. The molecule has 1 aromatic rings. The molecule has 6 nitrogen and oxygen atoms in total. The van der Waals surface area contributed by atoms with Crippen molar-refractivity contribution < 1.29 is 0 Å². The van der Waals surface area contributed by atoms with Crippen LogP contribution in [0.15, 0.2) is 11.3 Å². The van der Waals surface area contributed by atoms with Crippen LogP contribution in [0.5, 0.6) is 0 Å². The second-order valence-electron chi connectivity index (χ2n) is 4.25. The second-order valence-corrected chi connectivity index (χ2v) is 4.25. The molecule has 0 aliphatic rings. The first kappa shape index (κ1) is 18.1. The molecular weight excluding hydrogens is 355 g/mol. The van der Waals surface area contributed by atoms with E-state index in [4.69, 9.17) is 0 Å². The summed E-state index contributed by atoms with van der Waals surface area (Å²) in [5.41, 5.74) is 0. The average molecular weight is 380 g/mol. The fourth-order valence-corrected chi connectivity index (χ4v) is 1.58. The largest absolute Gasteiger partial charge is 0.357 e. The Kier molecular flexibility index (Phi) is 9.54. The Morgan fingerprint density at radius 1 is 1.47 bits per heavy atom. The zero-order chi connectivity index (χ0) is 13.4. The number of halogens is 1. The molecule has 1 aromatic heterocycles. The third-order valence-electron chi connectivity index (χ3n) is 2.72. The quantitative estimate of drug-likeness (QED) is 0.463. The van der Waals surface area contributed by atoms with E-state index in [0.29, 0.717) is 6.54 Å². The first-order chi connectivity index (χ1) is 8.69. The molecule has 0 saturated carbocycles. The molecule has 0 amide bonds. The van der Waals surface area contributed by atoms with Crippen LogP contribution in [0.1, 0.15) is 32.5 Å². The fraction of sp³-hybridized carbons (Fsp3) is 0.750. The van der Waals surface area contributed by atoms with Gasteiger partial charge < -0.3 is 10.2 Å². The normalized spacial score (nSPS) is 11.1. The van der Waals surface area contributed by atoms with E-state index in [2.05, 4.69) is 46.2 Å². The van der Waals surface area contributed by atoms with E-state index in [1.165, 1.54) is 12.8 Å². The lowest BCUT2D eigenvalue weighted by atomic mass is 10.3. The number of aliphatic imine (C=N–C) groups is 1. The summed E-state index contributed by atoms with van der Waals surface area (Å²) >= 11 is 0. The third kappa shape index (κ3) is 6.22. The fourth-order valence-electron chi connectivity index (χ4n) is 1.58. The smallest absolute Gasteiger partial charge is 0.194 e. The topological polar surface area (TPSA) is 58.3 Å². The third-order valence-corrected chi connectivity index (χ3v) is 2.72. The van der Waals surface area contributed by atoms with Crippen molar-refractivity contribution in [1.82, 2.24) is 25.0 Å². The van der Waals surface area contributed by atoms with Gasteiger partial charge in [-0.25, -0.2) is 9.98 Å². The average Bonchev–Trinajstić information content (AvgIpc) is 2.77. The van der Waals surface area contributed by atoms with Gasteiger partial charge in [0, 0.05) is 27.2 Å². The van der Waals surface area contributed by atoms with Gasteiger partial charge in [-0.1, -0.05) is 13.3 Å². The number of nitrogens with zero attached hydrogens (tertiary/aromatic N) is 5. The molecular formula is C12H25IN6. The van der Waals surface area contributed by atoms with Crippen molar-refractivity contribution in [2.24, 2.45) is 12.0 Å². The summed E-state index contributed by atoms with van der Waals surface area (Å²) in [6.07, 6.45) is 3.91. The van der Waals surface area contributed by atoms with Crippen LogP contribution >= 0.6 is 24.0 Å². The Morgan fingerprint density at radius 3 is 2.74 bits per heavy atom. The molecule has 0 fully saturated rings. The number of hydrogen-bond donors (Lipinski definition) is 1. The van der Waals surface area contributed by atoms with Crippen LogP contribution < -0.4 is 5.32 Å². The lowest BCUT2D eigenvalue weighted by Crippen LogP contribution is -2.39. The predicted octanol–water partition coefficient (Wildman–Crippen LogP) is 1.63. The van der Waals surface area contributed by atoms with E-state index in [-0.39, 0.29) is 24.0 Å². The predicted molar refractivity (Wildman–Crippen MR) is 88.8 cm³/mol. The van der Waals surface area contributed by atoms with E-state index in [0.717, 1.165) is 24.9 Å². The van der Waals surface area contributed by atoms with Crippen LogP contribution in [-0.4, -0.2) is 45.8 Å². The highest BCUT2D eigenvalue weighted by molar-refractivity contribution is 14.0. The molecule has 0 radical (unpaired) electrons. The number of guanidine groups is 1. The zero-order valence-corrected chi connectivity index (χ0v) is 14.6. The maximum absolute atomic E-state index is 4.58. The van der Waals surface area contributed by atoms with Crippen LogP contribution in [-0.2, 0) is 13.6 Å². The van der Waals surface area contributed by atoms with E-state index >= 15 is 0 Å². The number of aromatic nitrogens is 3. The highest BCUT2D eigenvalue weighted by atomic mass is 127. The summed E-state index contributed by atoms with van der Waals surface area (Å²) < 4.78 is 1.75. The summed E-state index contributed by atoms with van der Waals surface area (Å²) in [6, 6.07) is 0. The zero-order valence-electron chi connectivity index (χ0n) is 12.3. The van der Waals surface area contributed by atoms with Crippen molar-refractivity contribution >= 4 is 29.9 Å². The molecule has 0 spiro atoms. The van der Waals surface area contributed by atoms with Gasteiger partial charge >= 0.3 is 0 Å². The summed E-state index contributed by atoms with van der Waals surface area (Å²) in [5.74, 6) is 1.79. The van der Waals surface area contributed by atoms with Gasteiger partial charge in [0.15, 0.2) is 5.96 Å². The second kappa shape index (κ2) is 9.99. The number of unbranched alkanes of at least 4 members (excludes halogenated alkanes) is 1. The molecule has 7 heteroatoms.